The normalized spacial score (nSPS) is 16.9. The molecule has 6 nitrogen and oxygen atoms in total. The van der Waals surface area contributed by atoms with Crippen LogP contribution in [0, 0.1) is 0 Å². The summed E-state index contributed by atoms with van der Waals surface area (Å²) < 4.78 is 10.6. The van der Waals surface area contributed by atoms with Gasteiger partial charge in [-0.15, -0.1) is 0 Å². The summed E-state index contributed by atoms with van der Waals surface area (Å²) in [5.74, 6) is 0.834. The molecule has 2 heterocycles. The highest BCUT2D eigenvalue weighted by molar-refractivity contribution is 5.98. The third kappa shape index (κ3) is 3.27. The first-order valence-corrected chi connectivity index (χ1v) is 7.95. The van der Waals surface area contributed by atoms with Gasteiger partial charge in [0.2, 0.25) is 5.91 Å². The number of rotatable bonds is 5. The first-order valence-electron chi connectivity index (χ1n) is 7.95. The lowest BCUT2D eigenvalue weighted by Gasteiger charge is -2.23. The second kappa shape index (κ2) is 7.21. The van der Waals surface area contributed by atoms with E-state index in [-0.39, 0.29) is 24.4 Å². The number of ether oxygens (including phenoxy) is 1. The van der Waals surface area contributed by atoms with Gasteiger partial charge in [0.25, 0.3) is 5.91 Å². The van der Waals surface area contributed by atoms with Crippen LogP contribution in [0.2, 0.25) is 0 Å². The maximum Gasteiger partial charge on any atom is 0.255 e. The molecule has 6 heteroatoms. The van der Waals surface area contributed by atoms with Crippen LogP contribution in [0.5, 0.6) is 5.75 Å². The number of benzene rings is 1. The van der Waals surface area contributed by atoms with E-state index in [4.69, 9.17) is 9.15 Å². The Bertz CT molecular complexity index is 712. The van der Waals surface area contributed by atoms with Crippen molar-refractivity contribution in [3.63, 3.8) is 0 Å². The van der Waals surface area contributed by atoms with Gasteiger partial charge in [0.05, 0.1) is 31.5 Å². The average molecular weight is 328 g/mol. The minimum atomic E-state index is -0.324. The summed E-state index contributed by atoms with van der Waals surface area (Å²) in [7, 11) is 1.51. The highest BCUT2D eigenvalue weighted by Gasteiger charge is 2.31. The largest absolute Gasteiger partial charge is 0.496 e. The molecule has 1 aliphatic heterocycles. The van der Waals surface area contributed by atoms with Gasteiger partial charge >= 0.3 is 0 Å². The number of nitrogens with one attached hydrogen (secondary N) is 1. The zero-order valence-electron chi connectivity index (χ0n) is 13.5. The lowest BCUT2D eigenvalue weighted by molar-refractivity contribution is -0.131. The number of furan rings is 1. The van der Waals surface area contributed by atoms with Gasteiger partial charge in [-0.3, -0.25) is 9.59 Å². The lowest BCUT2D eigenvalue weighted by atomic mass is 10.1. The van der Waals surface area contributed by atoms with Crippen molar-refractivity contribution in [1.82, 2.24) is 10.2 Å². The third-order valence-corrected chi connectivity index (χ3v) is 4.20. The summed E-state index contributed by atoms with van der Waals surface area (Å²) in [5.41, 5.74) is 0.414. The van der Waals surface area contributed by atoms with Crippen LogP contribution in [0.25, 0.3) is 0 Å². The van der Waals surface area contributed by atoms with Crippen LogP contribution in [-0.2, 0) is 4.79 Å². The fourth-order valence-electron chi connectivity index (χ4n) is 3.03. The van der Waals surface area contributed by atoms with E-state index in [1.165, 1.54) is 7.11 Å². The molecule has 126 valence electrons. The highest BCUT2D eigenvalue weighted by atomic mass is 16.5. The van der Waals surface area contributed by atoms with Crippen molar-refractivity contribution in [3.05, 3.63) is 54.0 Å². The van der Waals surface area contributed by atoms with Gasteiger partial charge in [-0.2, -0.15) is 0 Å². The number of nitrogens with zero attached hydrogens (tertiary/aromatic N) is 1. The molecule has 2 amide bonds. The number of amides is 2. The summed E-state index contributed by atoms with van der Waals surface area (Å²) in [6.45, 7) is 0.628. The average Bonchev–Trinajstić information content (AvgIpc) is 3.29. The first kappa shape index (κ1) is 16.1. The van der Waals surface area contributed by atoms with E-state index in [9.17, 15) is 9.59 Å². The van der Waals surface area contributed by atoms with E-state index in [0.717, 1.165) is 18.6 Å². The number of carbonyl (C=O) groups excluding carboxylic acids is 2. The predicted octanol–water partition coefficient (Wildman–Crippen LogP) is 2.38. The molecule has 1 fully saturated rings. The Morgan fingerprint density at radius 1 is 1.29 bits per heavy atom. The minimum absolute atomic E-state index is 0.0457. The number of carbonyl (C=O) groups is 2. The maximum absolute atomic E-state index is 12.5. The molecule has 1 N–H and O–H groups in total. The molecule has 0 radical (unpaired) electrons. The van der Waals surface area contributed by atoms with Gasteiger partial charge in [0.1, 0.15) is 11.5 Å². The molecular weight excluding hydrogens is 308 g/mol. The van der Waals surface area contributed by atoms with Crippen LogP contribution in [0.1, 0.15) is 35.0 Å². The van der Waals surface area contributed by atoms with Gasteiger partial charge in [-0.05, 0) is 37.1 Å². The van der Waals surface area contributed by atoms with Crippen molar-refractivity contribution in [2.24, 2.45) is 0 Å². The number of hydrogen-bond acceptors (Lipinski definition) is 4. The Hall–Kier alpha value is -2.76. The molecule has 0 unspecified atom stereocenters. The van der Waals surface area contributed by atoms with Crippen LogP contribution in [0.4, 0.5) is 0 Å². The SMILES string of the molecule is COc1ccccc1C(=O)NCC(=O)N1CCC[C@@H]1c1ccco1. The molecule has 1 atom stereocenters. The van der Waals surface area contributed by atoms with Gasteiger partial charge in [-0.1, -0.05) is 12.1 Å². The Balaban J connectivity index is 1.62. The number of likely N-dealkylation sites (tertiary alicyclic amines) is 1. The van der Waals surface area contributed by atoms with Crippen LogP contribution < -0.4 is 10.1 Å². The first-order chi connectivity index (χ1) is 11.7. The molecule has 0 spiro atoms. The molecule has 3 rings (SSSR count). The van der Waals surface area contributed by atoms with Crippen LogP contribution >= 0.6 is 0 Å². The molecule has 1 aliphatic rings. The minimum Gasteiger partial charge on any atom is -0.496 e. The molecule has 0 bridgehead atoms. The predicted molar refractivity (Wildman–Crippen MR) is 87.7 cm³/mol. The quantitative estimate of drug-likeness (QED) is 0.915. The zero-order chi connectivity index (χ0) is 16.9. The molecule has 1 aromatic carbocycles. The summed E-state index contributed by atoms with van der Waals surface area (Å²) in [4.78, 5) is 26.5. The number of methoxy groups -OCH3 is 1. The molecule has 1 saturated heterocycles. The second-order valence-corrected chi connectivity index (χ2v) is 5.64. The number of hydrogen-bond donors (Lipinski definition) is 1. The van der Waals surface area contributed by atoms with Gasteiger partial charge < -0.3 is 19.4 Å². The van der Waals surface area contributed by atoms with Crippen molar-refractivity contribution in [2.45, 2.75) is 18.9 Å². The molecule has 2 aromatic rings. The van der Waals surface area contributed by atoms with E-state index >= 15 is 0 Å². The van der Waals surface area contributed by atoms with E-state index in [1.807, 2.05) is 12.1 Å². The molecule has 24 heavy (non-hydrogen) atoms. The van der Waals surface area contributed by atoms with E-state index < -0.39 is 0 Å². The van der Waals surface area contributed by atoms with Gasteiger partial charge in [-0.25, -0.2) is 0 Å². The van der Waals surface area contributed by atoms with Gasteiger partial charge in [0, 0.05) is 6.54 Å². The fourth-order valence-corrected chi connectivity index (χ4v) is 3.03. The van der Waals surface area contributed by atoms with Crippen LogP contribution in [0.15, 0.2) is 47.1 Å². The second-order valence-electron chi connectivity index (χ2n) is 5.64. The van der Waals surface area contributed by atoms with Crippen LogP contribution in [0.3, 0.4) is 0 Å². The van der Waals surface area contributed by atoms with Crippen molar-refractivity contribution in [1.29, 1.82) is 0 Å². The number of para-hydroxylation sites is 1. The Labute approximate surface area is 140 Å². The monoisotopic (exact) mass is 328 g/mol. The van der Waals surface area contributed by atoms with Crippen LogP contribution in [-0.4, -0.2) is 36.9 Å². The zero-order valence-corrected chi connectivity index (χ0v) is 13.5. The third-order valence-electron chi connectivity index (χ3n) is 4.20. The molecule has 0 aliphatic carbocycles. The van der Waals surface area contributed by atoms with Crippen molar-refractivity contribution >= 4 is 11.8 Å². The molecule has 0 saturated carbocycles. The lowest BCUT2D eigenvalue weighted by Crippen LogP contribution is -2.39. The van der Waals surface area contributed by atoms with Crippen molar-refractivity contribution in [2.75, 3.05) is 20.2 Å². The Kier molecular flexibility index (Phi) is 4.84. The van der Waals surface area contributed by atoms with E-state index in [1.54, 1.807) is 35.4 Å². The summed E-state index contributed by atoms with van der Waals surface area (Å²) in [5, 5.41) is 2.68. The summed E-state index contributed by atoms with van der Waals surface area (Å²) in [6.07, 6.45) is 3.41. The standard InChI is InChI=1S/C18H20N2O4/c1-23-15-8-3-2-6-13(15)18(22)19-12-17(21)20-10-4-7-14(20)16-9-5-11-24-16/h2-3,5-6,8-9,11,14H,4,7,10,12H2,1H3,(H,19,22)/t14-/m1/s1. The highest BCUT2D eigenvalue weighted by Crippen LogP contribution is 2.31. The van der Waals surface area contributed by atoms with E-state index in [2.05, 4.69) is 5.32 Å². The summed E-state index contributed by atoms with van der Waals surface area (Å²) >= 11 is 0. The molecular formula is C18H20N2O4. The Morgan fingerprint density at radius 3 is 2.88 bits per heavy atom. The fraction of sp³-hybridized carbons (Fsp3) is 0.333. The van der Waals surface area contributed by atoms with Gasteiger partial charge in [0.15, 0.2) is 0 Å². The molecule has 1 aromatic heterocycles. The van der Waals surface area contributed by atoms with E-state index in [0.29, 0.717) is 17.9 Å². The Morgan fingerprint density at radius 2 is 2.12 bits per heavy atom. The van der Waals surface area contributed by atoms with Crippen molar-refractivity contribution in [3.8, 4) is 5.75 Å². The van der Waals surface area contributed by atoms with Crippen molar-refractivity contribution < 1.29 is 18.7 Å². The smallest absolute Gasteiger partial charge is 0.255 e. The summed E-state index contributed by atoms with van der Waals surface area (Å²) in [6, 6.07) is 10.6. The topological polar surface area (TPSA) is 71.8 Å². The maximum atomic E-state index is 12.5.